The second kappa shape index (κ2) is 8.70. The van der Waals surface area contributed by atoms with Crippen molar-refractivity contribution in [1.29, 1.82) is 0 Å². The third-order valence-electron chi connectivity index (χ3n) is 5.01. The fraction of sp³-hybridized carbons (Fsp3) is 0.556. The van der Waals surface area contributed by atoms with Gasteiger partial charge in [0.15, 0.2) is 5.65 Å². The van der Waals surface area contributed by atoms with Crippen LogP contribution in [0.4, 0.5) is 10.6 Å². The lowest BCUT2D eigenvalue weighted by Gasteiger charge is -2.25. The molecule has 2 amide bonds. The molecule has 0 spiro atoms. The lowest BCUT2D eigenvalue weighted by Crippen LogP contribution is -2.42. The predicted octanol–water partition coefficient (Wildman–Crippen LogP) is 2.48. The van der Waals surface area contributed by atoms with E-state index in [-0.39, 0.29) is 6.03 Å². The maximum Gasteiger partial charge on any atom is 0.323 e. The summed E-state index contributed by atoms with van der Waals surface area (Å²) in [7, 11) is 0. The molecule has 26 heavy (non-hydrogen) atoms. The first kappa shape index (κ1) is 18.9. The molecule has 1 N–H and O–H groups in total. The summed E-state index contributed by atoms with van der Waals surface area (Å²) in [5.41, 5.74) is 0.642. The average Bonchev–Trinajstić information content (AvgIpc) is 3.09. The zero-order valence-electron chi connectivity index (χ0n) is 15.5. The number of anilines is 1. The lowest BCUT2D eigenvalue weighted by molar-refractivity contribution is 0.199. The summed E-state index contributed by atoms with van der Waals surface area (Å²) in [6.07, 6.45) is 3.49. The van der Waals surface area contributed by atoms with Crippen LogP contribution in [0.25, 0.3) is 5.65 Å². The summed E-state index contributed by atoms with van der Waals surface area (Å²) >= 11 is 6.16. The highest BCUT2D eigenvalue weighted by atomic mass is 35.5. The van der Waals surface area contributed by atoms with Crippen molar-refractivity contribution in [1.82, 2.24) is 24.1 Å². The van der Waals surface area contributed by atoms with Crippen LogP contribution in [0, 0.1) is 0 Å². The molecule has 7 nitrogen and oxygen atoms in total. The van der Waals surface area contributed by atoms with E-state index >= 15 is 0 Å². The van der Waals surface area contributed by atoms with Crippen LogP contribution in [0.3, 0.4) is 0 Å². The van der Waals surface area contributed by atoms with E-state index in [1.54, 1.807) is 16.7 Å². The first-order chi connectivity index (χ1) is 12.6. The van der Waals surface area contributed by atoms with Crippen molar-refractivity contribution in [2.75, 3.05) is 57.7 Å². The van der Waals surface area contributed by atoms with E-state index in [1.807, 2.05) is 17.2 Å². The van der Waals surface area contributed by atoms with Gasteiger partial charge >= 0.3 is 6.03 Å². The van der Waals surface area contributed by atoms with Gasteiger partial charge in [-0.3, -0.25) is 9.72 Å². The van der Waals surface area contributed by atoms with Crippen LogP contribution in [0.2, 0.25) is 5.02 Å². The number of carbonyl (C=O) groups excluding carboxylic acids is 1. The van der Waals surface area contributed by atoms with Crippen LogP contribution in [0.5, 0.6) is 0 Å². The average molecular weight is 379 g/mol. The Balaban J connectivity index is 1.72. The first-order valence-corrected chi connectivity index (χ1v) is 9.62. The molecule has 0 atom stereocenters. The van der Waals surface area contributed by atoms with Crippen molar-refractivity contribution in [3.8, 4) is 0 Å². The summed E-state index contributed by atoms with van der Waals surface area (Å²) in [6, 6.07) is 3.53. The number of aromatic nitrogens is 2. The maximum atomic E-state index is 12.9. The number of rotatable bonds is 3. The largest absolute Gasteiger partial charge is 0.323 e. The number of nitrogens with zero attached hydrogens (tertiary/aromatic N) is 5. The SMILES string of the molecule is CCN1CCN(CC)CCN(C(=O)Nc2cnc3c(Cl)cccn23)CC1. The third kappa shape index (κ3) is 4.28. The fourth-order valence-corrected chi connectivity index (χ4v) is 3.45. The molecule has 3 heterocycles. The molecular weight excluding hydrogens is 352 g/mol. The topological polar surface area (TPSA) is 56.1 Å². The number of urea groups is 1. The second-order valence-electron chi connectivity index (χ2n) is 6.48. The van der Waals surface area contributed by atoms with Crippen LogP contribution in [-0.2, 0) is 0 Å². The summed E-state index contributed by atoms with van der Waals surface area (Å²) in [6.45, 7) is 11.6. The molecule has 2 aromatic rings. The molecule has 1 fully saturated rings. The van der Waals surface area contributed by atoms with Crippen molar-refractivity contribution in [3.05, 3.63) is 29.5 Å². The third-order valence-corrected chi connectivity index (χ3v) is 5.30. The number of nitrogens with one attached hydrogen (secondary N) is 1. The number of pyridine rings is 1. The zero-order valence-corrected chi connectivity index (χ0v) is 16.2. The molecular formula is C18H27ClN6O. The standard InChI is InChI=1S/C18H27ClN6O/c1-3-22-8-9-23(4-2)11-13-24(12-10-22)18(26)21-16-14-20-17-15(19)6-5-7-25(16)17/h5-7,14H,3-4,8-13H2,1-2H3,(H,21,26). The Morgan fingerprint density at radius 1 is 1.12 bits per heavy atom. The van der Waals surface area contributed by atoms with Crippen LogP contribution in [0.15, 0.2) is 24.5 Å². The molecule has 1 saturated heterocycles. The van der Waals surface area contributed by atoms with Gasteiger partial charge in [-0.2, -0.15) is 0 Å². The maximum absolute atomic E-state index is 12.9. The minimum atomic E-state index is -0.0965. The Labute approximate surface area is 159 Å². The Morgan fingerprint density at radius 3 is 2.35 bits per heavy atom. The molecule has 0 aliphatic carbocycles. The van der Waals surface area contributed by atoms with Crippen molar-refractivity contribution in [2.24, 2.45) is 0 Å². The predicted molar refractivity (Wildman–Crippen MR) is 105 cm³/mol. The van der Waals surface area contributed by atoms with Gasteiger partial charge in [-0.05, 0) is 25.2 Å². The highest BCUT2D eigenvalue weighted by Gasteiger charge is 2.20. The van der Waals surface area contributed by atoms with Gasteiger partial charge in [0.1, 0.15) is 5.82 Å². The van der Waals surface area contributed by atoms with Crippen molar-refractivity contribution < 1.29 is 4.79 Å². The quantitative estimate of drug-likeness (QED) is 0.891. The van der Waals surface area contributed by atoms with Gasteiger partial charge in [0.2, 0.25) is 0 Å². The molecule has 2 aromatic heterocycles. The number of amides is 2. The first-order valence-electron chi connectivity index (χ1n) is 9.24. The van der Waals surface area contributed by atoms with Gasteiger partial charge in [0, 0.05) is 45.5 Å². The summed E-state index contributed by atoms with van der Waals surface area (Å²) in [5.74, 6) is 0.632. The van der Waals surface area contributed by atoms with Crippen molar-refractivity contribution >= 4 is 29.1 Å². The molecule has 3 rings (SSSR count). The molecule has 1 aliphatic rings. The normalized spacial score (nSPS) is 17.7. The van der Waals surface area contributed by atoms with Gasteiger partial charge in [-0.1, -0.05) is 25.4 Å². The molecule has 0 saturated carbocycles. The van der Waals surface area contributed by atoms with E-state index < -0.39 is 0 Å². The molecule has 8 heteroatoms. The van der Waals surface area contributed by atoms with Crippen LogP contribution in [-0.4, -0.2) is 82.5 Å². The van der Waals surface area contributed by atoms with Gasteiger partial charge < -0.3 is 14.7 Å². The molecule has 0 aromatic carbocycles. The summed E-state index contributed by atoms with van der Waals surface area (Å²) in [4.78, 5) is 23.8. The Bertz CT molecular complexity index is 732. The van der Waals surface area contributed by atoms with E-state index in [9.17, 15) is 4.79 Å². The highest BCUT2D eigenvalue weighted by molar-refractivity contribution is 6.33. The van der Waals surface area contributed by atoms with Crippen molar-refractivity contribution in [3.63, 3.8) is 0 Å². The van der Waals surface area contributed by atoms with Crippen molar-refractivity contribution in [2.45, 2.75) is 13.8 Å². The molecule has 0 radical (unpaired) electrons. The number of halogens is 1. The van der Waals surface area contributed by atoms with Crippen LogP contribution < -0.4 is 5.32 Å². The van der Waals surface area contributed by atoms with E-state index in [2.05, 4.69) is 33.9 Å². The number of hydrogen-bond acceptors (Lipinski definition) is 4. The van der Waals surface area contributed by atoms with E-state index in [0.717, 1.165) is 39.3 Å². The number of imidazole rings is 1. The van der Waals surface area contributed by atoms with Gasteiger partial charge in [0.05, 0.1) is 11.2 Å². The lowest BCUT2D eigenvalue weighted by atomic mass is 10.4. The number of carbonyl (C=O) groups is 1. The smallest absolute Gasteiger partial charge is 0.322 e. The second-order valence-corrected chi connectivity index (χ2v) is 6.89. The fourth-order valence-electron chi connectivity index (χ4n) is 3.24. The molecule has 0 bridgehead atoms. The monoisotopic (exact) mass is 378 g/mol. The van der Waals surface area contributed by atoms with E-state index in [4.69, 9.17) is 11.6 Å². The Morgan fingerprint density at radius 2 is 1.73 bits per heavy atom. The summed E-state index contributed by atoms with van der Waals surface area (Å²) in [5, 5.41) is 3.55. The number of likely N-dealkylation sites (N-methyl/N-ethyl adjacent to an activating group) is 2. The highest BCUT2D eigenvalue weighted by Crippen LogP contribution is 2.19. The van der Waals surface area contributed by atoms with Gasteiger partial charge in [-0.25, -0.2) is 9.78 Å². The van der Waals surface area contributed by atoms with E-state index in [0.29, 0.717) is 29.6 Å². The van der Waals surface area contributed by atoms with Crippen LogP contribution in [0.1, 0.15) is 13.8 Å². The number of hydrogen-bond donors (Lipinski definition) is 1. The van der Waals surface area contributed by atoms with E-state index in [1.165, 1.54) is 0 Å². The Hall–Kier alpha value is -1.83. The minimum absolute atomic E-state index is 0.0965. The zero-order chi connectivity index (χ0) is 18.5. The Kier molecular flexibility index (Phi) is 6.34. The number of fused-ring (bicyclic) bond motifs is 1. The van der Waals surface area contributed by atoms with Crippen LogP contribution >= 0.6 is 11.6 Å². The molecule has 142 valence electrons. The molecule has 1 aliphatic heterocycles. The van der Waals surface area contributed by atoms with Gasteiger partial charge in [0.25, 0.3) is 0 Å². The summed E-state index contributed by atoms with van der Waals surface area (Å²) < 4.78 is 1.80. The minimum Gasteiger partial charge on any atom is -0.322 e. The van der Waals surface area contributed by atoms with Gasteiger partial charge in [-0.15, -0.1) is 0 Å². The molecule has 0 unspecified atom stereocenters.